The van der Waals surface area contributed by atoms with Gasteiger partial charge < -0.3 is 33.8 Å². The number of hydrogen-bond acceptors (Lipinski definition) is 15. The molecule has 0 saturated heterocycles. The zero-order valence-electron chi connectivity index (χ0n) is 53.1. The third kappa shape index (κ3) is 55.9. The van der Waals surface area contributed by atoms with Gasteiger partial charge >= 0.3 is 39.5 Å². The number of aliphatic hydroxyl groups excluding tert-OH is 1. The maximum Gasteiger partial charge on any atom is 0.472 e. The summed E-state index contributed by atoms with van der Waals surface area (Å²) < 4.78 is 67.9. The Kier molecular flexibility index (Phi) is 52.0. The number of phosphoric acid groups is 2. The number of ether oxygens (including phenoxy) is 4. The van der Waals surface area contributed by atoms with E-state index in [2.05, 4.69) is 55.4 Å². The van der Waals surface area contributed by atoms with Crippen molar-refractivity contribution in [3.05, 3.63) is 0 Å². The molecule has 0 aromatic carbocycles. The van der Waals surface area contributed by atoms with Gasteiger partial charge in [0, 0.05) is 25.7 Å². The molecule has 17 nitrogen and oxygen atoms in total. The van der Waals surface area contributed by atoms with E-state index in [1.165, 1.54) is 103 Å². The SMILES string of the molecule is CCC(C)CCCCCCCCCCC(=O)OC[C@H](COP(=O)(O)OCC(O)COP(=O)(O)OC[C@@H](COC(=O)CCCCCCCCCCC(C)C)OC(=O)CCCCCCCCC(C)C)OC(=O)CCCCCCCCCC(C)C. The Morgan fingerprint density at radius 1 is 0.341 bits per heavy atom. The molecule has 0 fully saturated rings. The summed E-state index contributed by atoms with van der Waals surface area (Å²) in [4.78, 5) is 72.1. The van der Waals surface area contributed by atoms with Crippen molar-refractivity contribution in [1.82, 2.24) is 0 Å². The largest absolute Gasteiger partial charge is 0.472 e. The summed E-state index contributed by atoms with van der Waals surface area (Å²) in [5.74, 6) is 0.723. The van der Waals surface area contributed by atoms with Crippen molar-refractivity contribution >= 4 is 39.5 Å². The van der Waals surface area contributed by atoms with Gasteiger partial charge in [0.1, 0.15) is 19.3 Å². The minimum atomic E-state index is -4.94. The fraction of sp³-hybridized carbons (Fsp3) is 0.937. The van der Waals surface area contributed by atoms with Crippen LogP contribution in [-0.4, -0.2) is 96.7 Å². The minimum Gasteiger partial charge on any atom is -0.462 e. The molecule has 6 atom stereocenters. The molecule has 4 unspecified atom stereocenters. The molecule has 19 heteroatoms. The number of carbonyl (C=O) groups excluding carboxylic acids is 4. The predicted molar refractivity (Wildman–Crippen MR) is 326 cm³/mol. The molecule has 0 spiro atoms. The van der Waals surface area contributed by atoms with Crippen LogP contribution in [-0.2, 0) is 65.4 Å². The Bertz CT molecular complexity index is 1650. The molecule has 0 aliphatic rings. The molecule has 82 heavy (non-hydrogen) atoms. The van der Waals surface area contributed by atoms with Crippen molar-refractivity contribution < 1.29 is 80.2 Å². The van der Waals surface area contributed by atoms with Gasteiger partial charge in [-0.05, 0) is 49.4 Å². The van der Waals surface area contributed by atoms with Gasteiger partial charge in [0.15, 0.2) is 12.2 Å². The van der Waals surface area contributed by atoms with E-state index in [1.807, 2.05) is 0 Å². The van der Waals surface area contributed by atoms with Crippen LogP contribution in [0.2, 0.25) is 0 Å². The van der Waals surface area contributed by atoms with Crippen LogP contribution >= 0.6 is 15.6 Å². The average molecular weight is 1210 g/mol. The smallest absolute Gasteiger partial charge is 0.462 e. The van der Waals surface area contributed by atoms with Crippen molar-refractivity contribution in [2.24, 2.45) is 23.7 Å². The van der Waals surface area contributed by atoms with Crippen LogP contribution in [0.15, 0.2) is 0 Å². The Balaban J connectivity index is 5.24. The van der Waals surface area contributed by atoms with E-state index in [0.717, 1.165) is 102 Å². The van der Waals surface area contributed by atoms with E-state index >= 15 is 0 Å². The Hall–Kier alpha value is -1.94. The Morgan fingerprint density at radius 2 is 0.585 bits per heavy atom. The lowest BCUT2D eigenvalue weighted by Gasteiger charge is -2.21. The summed E-state index contributed by atoms with van der Waals surface area (Å²) in [6, 6.07) is 0. The van der Waals surface area contributed by atoms with Crippen LogP contribution < -0.4 is 0 Å². The highest BCUT2D eigenvalue weighted by Gasteiger charge is 2.30. The van der Waals surface area contributed by atoms with Crippen molar-refractivity contribution in [2.45, 2.75) is 318 Å². The lowest BCUT2D eigenvalue weighted by Crippen LogP contribution is -2.30. The molecule has 0 saturated carbocycles. The first-order valence-corrected chi connectivity index (χ1v) is 35.7. The van der Waals surface area contributed by atoms with Gasteiger partial charge in [0.25, 0.3) is 0 Å². The van der Waals surface area contributed by atoms with Crippen LogP contribution in [0.25, 0.3) is 0 Å². The molecule has 3 N–H and O–H groups in total. The molecule has 486 valence electrons. The Labute approximate surface area is 498 Å². The highest BCUT2D eigenvalue weighted by Crippen LogP contribution is 2.45. The number of phosphoric ester groups is 2. The maximum absolute atomic E-state index is 13.0. The molecular weight excluding hydrogens is 1090 g/mol. The molecule has 0 aliphatic heterocycles. The minimum absolute atomic E-state index is 0.101. The molecule has 0 heterocycles. The third-order valence-corrected chi connectivity index (χ3v) is 16.6. The summed E-state index contributed by atoms with van der Waals surface area (Å²) in [6.45, 7) is 13.9. The van der Waals surface area contributed by atoms with E-state index in [4.69, 9.17) is 37.0 Å². The quantitative estimate of drug-likeness (QED) is 0.0222. The van der Waals surface area contributed by atoms with Crippen molar-refractivity contribution in [3.8, 4) is 0 Å². The second-order valence-electron chi connectivity index (χ2n) is 24.5. The van der Waals surface area contributed by atoms with E-state index in [9.17, 15) is 43.2 Å². The van der Waals surface area contributed by atoms with Gasteiger partial charge in [-0.2, -0.15) is 0 Å². The number of carbonyl (C=O) groups is 4. The van der Waals surface area contributed by atoms with Crippen LogP contribution in [0, 0.1) is 23.7 Å². The summed E-state index contributed by atoms with van der Waals surface area (Å²) >= 11 is 0. The molecule has 0 aromatic rings. The van der Waals surface area contributed by atoms with Gasteiger partial charge in [-0.3, -0.25) is 37.3 Å². The molecular formula is C63H122O17P2. The molecule has 0 aliphatic carbocycles. The van der Waals surface area contributed by atoms with E-state index < -0.39 is 97.5 Å². The predicted octanol–water partition coefficient (Wildman–Crippen LogP) is 17.0. The molecule has 0 aromatic heterocycles. The van der Waals surface area contributed by atoms with Gasteiger partial charge in [-0.25, -0.2) is 9.13 Å². The summed E-state index contributed by atoms with van der Waals surface area (Å²) in [5, 5.41) is 10.5. The highest BCUT2D eigenvalue weighted by atomic mass is 31.2. The molecule has 0 amide bonds. The topological polar surface area (TPSA) is 237 Å². The first kappa shape index (κ1) is 80.1. The molecule has 0 rings (SSSR count). The summed E-state index contributed by atoms with van der Waals surface area (Å²) in [6.07, 6.45) is 32.3. The second-order valence-corrected chi connectivity index (χ2v) is 27.4. The lowest BCUT2D eigenvalue weighted by atomic mass is 9.99. The number of unbranched alkanes of at least 4 members (excludes halogenated alkanes) is 25. The van der Waals surface area contributed by atoms with Crippen molar-refractivity contribution in [3.63, 3.8) is 0 Å². The third-order valence-electron chi connectivity index (χ3n) is 14.7. The first-order chi connectivity index (χ1) is 39.1. The van der Waals surface area contributed by atoms with E-state index in [1.54, 1.807) is 0 Å². The summed E-state index contributed by atoms with van der Waals surface area (Å²) in [7, 11) is -9.89. The van der Waals surface area contributed by atoms with E-state index in [-0.39, 0.29) is 25.7 Å². The number of hydrogen-bond donors (Lipinski definition) is 3. The first-order valence-electron chi connectivity index (χ1n) is 32.7. The van der Waals surface area contributed by atoms with Gasteiger partial charge in [-0.1, -0.05) is 248 Å². The zero-order chi connectivity index (χ0) is 61.1. The number of rotatable bonds is 60. The van der Waals surface area contributed by atoms with Crippen molar-refractivity contribution in [2.75, 3.05) is 39.6 Å². The number of esters is 4. The number of aliphatic hydroxyl groups is 1. The molecule has 0 bridgehead atoms. The van der Waals surface area contributed by atoms with Crippen LogP contribution in [0.1, 0.15) is 299 Å². The van der Waals surface area contributed by atoms with Gasteiger partial charge in [-0.15, -0.1) is 0 Å². The lowest BCUT2D eigenvalue weighted by molar-refractivity contribution is -0.161. The zero-order valence-corrected chi connectivity index (χ0v) is 54.9. The monoisotopic (exact) mass is 1210 g/mol. The second kappa shape index (κ2) is 53.3. The van der Waals surface area contributed by atoms with Gasteiger partial charge in [0.05, 0.1) is 26.4 Å². The average Bonchev–Trinajstić information content (AvgIpc) is 3.42. The maximum atomic E-state index is 13.0. The fourth-order valence-electron chi connectivity index (χ4n) is 9.22. The summed E-state index contributed by atoms with van der Waals surface area (Å²) in [5.41, 5.74) is 0. The fourth-order valence-corrected chi connectivity index (χ4v) is 10.8. The van der Waals surface area contributed by atoms with Crippen LogP contribution in [0.3, 0.4) is 0 Å². The van der Waals surface area contributed by atoms with Crippen LogP contribution in [0.4, 0.5) is 0 Å². The normalized spacial score (nSPS) is 14.8. The molecule has 0 radical (unpaired) electrons. The van der Waals surface area contributed by atoms with Gasteiger partial charge in [0.2, 0.25) is 0 Å². The van der Waals surface area contributed by atoms with E-state index in [0.29, 0.717) is 37.5 Å². The standard InChI is InChI=1S/C63H122O17P2/c1-9-56(8)42-34-26-17-11-13-19-28-36-44-61(66)73-49-58(79-62(67)45-37-29-20-14-16-24-32-40-54(4)5)51-77-81(69,70)75-47-57(64)48-76-82(71,72)78-52-59(80-63(68)46-38-30-22-21-25-33-41-55(6)7)50-74-60(65)43-35-27-18-12-10-15-23-31-39-53(2)3/h53-59,64H,9-52H2,1-8H3,(H,69,70)(H,71,72)/t56?,57?,58-,59-/m1/s1. The van der Waals surface area contributed by atoms with Crippen LogP contribution in [0.5, 0.6) is 0 Å². The Morgan fingerprint density at radius 3 is 0.866 bits per heavy atom. The highest BCUT2D eigenvalue weighted by molar-refractivity contribution is 7.47. The van der Waals surface area contributed by atoms with Crippen molar-refractivity contribution in [1.29, 1.82) is 0 Å².